The molecule has 0 spiro atoms. The van der Waals surface area contributed by atoms with Gasteiger partial charge in [-0.15, -0.1) is 0 Å². The number of methoxy groups -OCH3 is 2. The molecule has 0 saturated carbocycles. The lowest BCUT2D eigenvalue weighted by Gasteiger charge is -2.07. The third kappa shape index (κ3) is 6.00. The van der Waals surface area contributed by atoms with Gasteiger partial charge < -0.3 is 14.8 Å². The molecule has 7 nitrogen and oxygen atoms in total. The fourth-order valence-electron chi connectivity index (χ4n) is 2.17. The number of halogens is 1. The van der Waals surface area contributed by atoms with Crippen molar-refractivity contribution in [3.63, 3.8) is 0 Å². The summed E-state index contributed by atoms with van der Waals surface area (Å²) >= 11 is 6.00. The van der Waals surface area contributed by atoms with E-state index in [2.05, 4.69) is 15.8 Å². The van der Waals surface area contributed by atoms with Crippen LogP contribution < -0.4 is 20.2 Å². The Morgan fingerprint density at radius 1 is 1.07 bits per heavy atom. The first-order valence-electron chi connectivity index (χ1n) is 8.03. The minimum Gasteiger partial charge on any atom is -0.493 e. The molecule has 0 aliphatic heterocycles. The summed E-state index contributed by atoms with van der Waals surface area (Å²) in [5.74, 6) is 0.131. The Kier molecular flexibility index (Phi) is 7.19. The number of anilines is 1. The van der Waals surface area contributed by atoms with E-state index in [4.69, 9.17) is 21.1 Å². The summed E-state index contributed by atoms with van der Waals surface area (Å²) in [4.78, 5) is 23.7. The predicted octanol–water partition coefficient (Wildman–Crippen LogP) is 3.14. The summed E-state index contributed by atoms with van der Waals surface area (Å²) in [6.45, 7) is 1.86. The summed E-state index contributed by atoms with van der Waals surface area (Å²) in [5.41, 5.74) is 4.43. The van der Waals surface area contributed by atoms with E-state index >= 15 is 0 Å². The van der Waals surface area contributed by atoms with Gasteiger partial charge in [-0.25, -0.2) is 5.43 Å². The molecule has 0 atom stereocenters. The number of hydrogen-bond acceptors (Lipinski definition) is 5. The molecular weight excluding hydrogens is 370 g/mol. The lowest BCUT2D eigenvalue weighted by atomic mass is 10.2. The van der Waals surface area contributed by atoms with Gasteiger partial charge in [0.25, 0.3) is 0 Å². The van der Waals surface area contributed by atoms with E-state index in [1.165, 1.54) is 13.3 Å². The zero-order valence-corrected chi connectivity index (χ0v) is 16.0. The minimum absolute atomic E-state index is 0.366. The lowest BCUT2D eigenvalue weighted by Crippen LogP contribution is -2.24. The van der Waals surface area contributed by atoms with Gasteiger partial charge in [-0.1, -0.05) is 17.7 Å². The Morgan fingerprint density at radius 2 is 1.81 bits per heavy atom. The maximum absolute atomic E-state index is 11.9. The van der Waals surface area contributed by atoms with E-state index in [1.807, 2.05) is 6.92 Å². The molecule has 2 rings (SSSR count). The quantitative estimate of drug-likeness (QED) is 0.432. The van der Waals surface area contributed by atoms with Crippen molar-refractivity contribution >= 4 is 35.3 Å². The molecule has 0 radical (unpaired) electrons. The van der Waals surface area contributed by atoms with Gasteiger partial charge in [-0.2, -0.15) is 5.10 Å². The van der Waals surface area contributed by atoms with Gasteiger partial charge in [0.2, 0.25) is 11.8 Å². The second-order valence-electron chi connectivity index (χ2n) is 5.60. The van der Waals surface area contributed by atoms with Crippen molar-refractivity contribution in [2.75, 3.05) is 19.5 Å². The predicted molar refractivity (Wildman–Crippen MR) is 105 cm³/mol. The van der Waals surface area contributed by atoms with Crippen molar-refractivity contribution in [3.8, 4) is 11.5 Å². The number of amides is 2. The van der Waals surface area contributed by atoms with Crippen LogP contribution in [-0.2, 0) is 9.59 Å². The Labute approximate surface area is 162 Å². The Hall–Kier alpha value is -3.06. The van der Waals surface area contributed by atoms with Crippen LogP contribution in [0, 0.1) is 6.92 Å². The summed E-state index contributed by atoms with van der Waals surface area (Å²) in [6, 6.07) is 10.3. The van der Waals surface area contributed by atoms with Crippen molar-refractivity contribution in [2.24, 2.45) is 5.10 Å². The summed E-state index contributed by atoms with van der Waals surface area (Å²) in [6.07, 6.45) is 1.08. The van der Waals surface area contributed by atoms with E-state index < -0.39 is 11.8 Å². The highest BCUT2D eigenvalue weighted by Gasteiger charge is 2.10. The van der Waals surface area contributed by atoms with Gasteiger partial charge in [-0.05, 0) is 48.4 Å². The zero-order valence-electron chi connectivity index (χ0n) is 15.2. The van der Waals surface area contributed by atoms with E-state index in [1.54, 1.807) is 43.5 Å². The molecule has 0 unspecified atom stereocenters. The van der Waals surface area contributed by atoms with Gasteiger partial charge >= 0.3 is 0 Å². The topological polar surface area (TPSA) is 89.0 Å². The van der Waals surface area contributed by atoms with Crippen LogP contribution in [0.2, 0.25) is 5.02 Å². The van der Waals surface area contributed by atoms with Crippen molar-refractivity contribution in [1.82, 2.24) is 5.43 Å². The molecule has 0 aliphatic rings. The monoisotopic (exact) mass is 389 g/mol. The second-order valence-corrected chi connectivity index (χ2v) is 6.00. The second kappa shape index (κ2) is 9.59. The number of nitrogens with one attached hydrogen (secondary N) is 2. The number of carbonyl (C=O) groups is 2. The lowest BCUT2D eigenvalue weighted by molar-refractivity contribution is -0.126. The van der Waals surface area contributed by atoms with Crippen LogP contribution in [0.25, 0.3) is 0 Å². The van der Waals surface area contributed by atoms with Crippen molar-refractivity contribution < 1.29 is 19.1 Å². The molecule has 0 fully saturated rings. The van der Waals surface area contributed by atoms with Crippen molar-refractivity contribution in [2.45, 2.75) is 13.3 Å². The summed E-state index contributed by atoms with van der Waals surface area (Å²) in [5, 5.41) is 6.99. The van der Waals surface area contributed by atoms with Crippen LogP contribution in [0.3, 0.4) is 0 Å². The fraction of sp³-hybridized carbons (Fsp3) is 0.211. The molecule has 142 valence electrons. The van der Waals surface area contributed by atoms with Crippen molar-refractivity contribution in [3.05, 3.63) is 52.5 Å². The fourth-order valence-corrected chi connectivity index (χ4v) is 2.35. The molecule has 2 amide bonds. The molecule has 0 bridgehead atoms. The average molecular weight is 390 g/mol. The molecule has 0 heterocycles. The summed E-state index contributed by atoms with van der Waals surface area (Å²) in [7, 11) is 3.07. The van der Waals surface area contributed by atoms with Crippen molar-refractivity contribution in [1.29, 1.82) is 0 Å². The largest absolute Gasteiger partial charge is 0.493 e. The first-order chi connectivity index (χ1) is 12.9. The van der Waals surface area contributed by atoms with Gasteiger partial charge in [0.1, 0.15) is 6.42 Å². The highest BCUT2D eigenvalue weighted by atomic mass is 35.5. The highest BCUT2D eigenvalue weighted by Crippen LogP contribution is 2.26. The van der Waals surface area contributed by atoms with Crippen LogP contribution in [0.1, 0.15) is 17.5 Å². The zero-order chi connectivity index (χ0) is 19.8. The molecule has 2 aromatic rings. The van der Waals surface area contributed by atoms with Crippen LogP contribution in [0.5, 0.6) is 11.5 Å². The third-order valence-electron chi connectivity index (χ3n) is 3.59. The SMILES string of the molecule is COc1ccc(C=NNC(=O)CC(=O)Nc2ccc(C)c(Cl)c2)cc1OC. The molecular formula is C19H20ClN3O4. The minimum atomic E-state index is -0.539. The Morgan fingerprint density at radius 3 is 2.48 bits per heavy atom. The number of carbonyl (C=O) groups excluding carboxylic acids is 2. The Bertz CT molecular complexity index is 868. The normalized spacial score (nSPS) is 10.5. The number of aryl methyl sites for hydroxylation is 1. The standard InChI is InChI=1S/C19H20ClN3O4/c1-12-4-6-14(9-15(12)20)22-18(24)10-19(25)23-21-11-13-5-7-16(26-2)17(8-13)27-3/h4-9,11H,10H2,1-3H3,(H,22,24)(H,23,25). The number of rotatable bonds is 7. The first-order valence-corrected chi connectivity index (χ1v) is 8.40. The molecule has 0 aromatic heterocycles. The van der Waals surface area contributed by atoms with Crippen LogP contribution in [0.15, 0.2) is 41.5 Å². The molecule has 0 aliphatic carbocycles. The molecule has 2 aromatic carbocycles. The van der Waals surface area contributed by atoms with E-state index in [0.717, 1.165) is 5.56 Å². The van der Waals surface area contributed by atoms with Gasteiger partial charge in [0.05, 0.1) is 20.4 Å². The molecule has 27 heavy (non-hydrogen) atoms. The van der Waals surface area contributed by atoms with E-state index in [0.29, 0.717) is 27.8 Å². The van der Waals surface area contributed by atoms with E-state index in [9.17, 15) is 9.59 Å². The molecule has 8 heteroatoms. The first kappa shape index (κ1) is 20.3. The third-order valence-corrected chi connectivity index (χ3v) is 3.99. The highest BCUT2D eigenvalue weighted by molar-refractivity contribution is 6.31. The van der Waals surface area contributed by atoms with Gasteiger partial charge in [-0.3, -0.25) is 9.59 Å². The van der Waals surface area contributed by atoms with E-state index in [-0.39, 0.29) is 6.42 Å². The number of ether oxygens (including phenoxy) is 2. The Balaban J connectivity index is 1.87. The van der Waals surface area contributed by atoms with Gasteiger partial charge in [0, 0.05) is 10.7 Å². The summed E-state index contributed by atoms with van der Waals surface area (Å²) < 4.78 is 10.3. The van der Waals surface area contributed by atoms with Gasteiger partial charge in [0.15, 0.2) is 11.5 Å². The maximum atomic E-state index is 11.9. The number of hydrogen-bond donors (Lipinski definition) is 2. The molecule has 0 saturated heterocycles. The van der Waals surface area contributed by atoms with Crippen LogP contribution >= 0.6 is 11.6 Å². The molecule has 2 N–H and O–H groups in total. The average Bonchev–Trinajstić information content (AvgIpc) is 2.64. The number of benzene rings is 2. The smallest absolute Gasteiger partial charge is 0.249 e. The maximum Gasteiger partial charge on any atom is 0.249 e. The van der Waals surface area contributed by atoms with Crippen LogP contribution in [-0.4, -0.2) is 32.2 Å². The number of hydrazone groups is 1. The van der Waals surface area contributed by atoms with Crippen LogP contribution in [0.4, 0.5) is 5.69 Å². The number of nitrogens with zero attached hydrogens (tertiary/aromatic N) is 1.